The van der Waals surface area contributed by atoms with E-state index in [1.165, 1.54) is 6.07 Å². The lowest BCUT2D eigenvalue weighted by Crippen LogP contribution is -2.33. The first kappa shape index (κ1) is 21.2. The minimum Gasteiger partial charge on any atom is -0.459 e. The van der Waals surface area contributed by atoms with Crippen molar-refractivity contribution in [3.8, 4) is 5.75 Å². The third-order valence-electron chi connectivity index (χ3n) is 3.39. The highest BCUT2D eigenvalue weighted by Crippen LogP contribution is 2.38. The summed E-state index contributed by atoms with van der Waals surface area (Å²) in [6.07, 6.45) is -5.11. The van der Waals surface area contributed by atoms with Crippen molar-refractivity contribution in [1.82, 2.24) is 0 Å². The number of hydrogen-bond acceptors (Lipinski definition) is 4. The Morgan fingerprint density at radius 3 is 2.22 bits per heavy atom. The molecule has 0 atom stereocenters. The van der Waals surface area contributed by atoms with Crippen molar-refractivity contribution in [3.05, 3.63) is 40.4 Å². The van der Waals surface area contributed by atoms with Crippen LogP contribution in [0.1, 0.15) is 12.8 Å². The number of fused-ring (bicyclic) bond motifs is 1. The molecule has 4 nitrogen and oxygen atoms in total. The maximum atomic E-state index is 12.7. The predicted octanol–water partition coefficient (Wildman–Crippen LogP) is 5.28. The van der Waals surface area contributed by atoms with E-state index < -0.39 is 43.7 Å². The van der Waals surface area contributed by atoms with Gasteiger partial charge in [0.2, 0.25) is 0 Å². The Balaban J connectivity index is 1.97. The molecule has 2 aromatic rings. The predicted molar refractivity (Wildman–Crippen MR) is 90.7 cm³/mol. The number of halogens is 6. The van der Waals surface area contributed by atoms with Crippen molar-refractivity contribution >= 4 is 45.9 Å². The lowest BCUT2D eigenvalue weighted by Gasteiger charge is -2.15. The highest BCUT2D eigenvalue weighted by molar-refractivity contribution is 6.40. The standard InChI is InChI=1S/C17H12Cl2F4O4/c18-11-7-12(19)15(10-4-2-1-3-9(10)11)27-14(25)6-5-13(24)26-8-17(22,23)16(20)21/h1-4,7,16H,5-6,8H2. The fraction of sp³-hybridized carbons (Fsp3) is 0.294. The second-order valence-corrected chi connectivity index (χ2v) is 6.23. The number of rotatable bonds is 7. The Kier molecular flexibility index (Phi) is 6.89. The lowest BCUT2D eigenvalue weighted by atomic mass is 10.1. The zero-order valence-electron chi connectivity index (χ0n) is 13.5. The van der Waals surface area contributed by atoms with Gasteiger partial charge in [-0.1, -0.05) is 47.5 Å². The first-order valence-electron chi connectivity index (χ1n) is 7.51. The average Bonchev–Trinajstić information content (AvgIpc) is 2.61. The van der Waals surface area contributed by atoms with Crippen LogP contribution in [0.5, 0.6) is 5.75 Å². The molecular weight excluding hydrogens is 415 g/mol. The van der Waals surface area contributed by atoms with E-state index in [-0.39, 0.29) is 10.8 Å². The third kappa shape index (κ3) is 5.46. The van der Waals surface area contributed by atoms with Crippen molar-refractivity contribution < 1.29 is 36.6 Å². The summed E-state index contributed by atoms with van der Waals surface area (Å²) >= 11 is 12.1. The molecule has 0 fully saturated rings. The van der Waals surface area contributed by atoms with Crippen LogP contribution in [0.2, 0.25) is 10.0 Å². The van der Waals surface area contributed by atoms with E-state index in [0.717, 1.165) is 0 Å². The van der Waals surface area contributed by atoms with Gasteiger partial charge in [-0.25, -0.2) is 8.78 Å². The molecular formula is C17H12Cl2F4O4. The van der Waals surface area contributed by atoms with Crippen molar-refractivity contribution in [1.29, 1.82) is 0 Å². The van der Waals surface area contributed by atoms with Gasteiger partial charge in [-0.05, 0) is 6.07 Å². The quantitative estimate of drug-likeness (QED) is 0.343. The SMILES string of the molecule is O=C(CCC(=O)Oc1c(Cl)cc(Cl)c2ccccc12)OCC(F)(F)C(F)F. The summed E-state index contributed by atoms with van der Waals surface area (Å²) in [7, 11) is 0. The van der Waals surface area contributed by atoms with E-state index in [1.807, 2.05) is 0 Å². The van der Waals surface area contributed by atoms with E-state index in [4.69, 9.17) is 27.9 Å². The van der Waals surface area contributed by atoms with Gasteiger partial charge in [0.1, 0.15) is 0 Å². The number of carbonyl (C=O) groups excluding carboxylic acids is 2. The molecule has 2 aromatic carbocycles. The molecule has 2 rings (SSSR count). The Bertz CT molecular complexity index is 858. The second kappa shape index (κ2) is 8.75. The number of hydrogen-bond donors (Lipinski definition) is 0. The average molecular weight is 427 g/mol. The summed E-state index contributed by atoms with van der Waals surface area (Å²) in [5.41, 5.74) is 0. The fourth-order valence-corrected chi connectivity index (χ4v) is 2.64. The number of carbonyl (C=O) groups is 2. The Hall–Kier alpha value is -2.06. The van der Waals surface area contributed by atoms with Gasteiger partial charge >= 0.3 is 24.3 Å². The number of alkyl halides is 4. The van der Waals surface area contributed by atoms with Gasteiger partial charge in [0.25, 0.3) is 0 Å². The number of ether oxygens (including phenoxy) is 2. The molecule has 0 heterocycles. The Morgan fingerprint density at radius 2 is 1.59 bits per heavy atom. The molecule has 0 radical (unpaired) electrons. The van der Waals surface area contributed by atoms with Gasteiger partial charge in [-0.2, -0.15) is 8.78 Å². The molecule has 0 aliphatic heterocycles. The monoisotopic (exact) mass is 426 g/mol. The van der Waals surface area contributed by atoms with E-state index in [1.54, 1.807) is 24.3 Å². The van der Waals surface area contributed by atoms with Gasteiger partial charge in [-0.15, -0.1) is 0 Å². The molecule has 0 spiro atoms. The summed E-state index contributed by atoms with van der Waals surface area (Å²) in [6, 6.07) is 8.09. The van der Waals surface area contributed by atoms with Crippen LogP contribution in [0, 0.1) is 0 Å². The van der Waals surface area contributed by atoms with E-state index in [9.17, 15) is 27.2 Å². The third-order valence-corrected chi connectivity index (χ3v) is 3.99. The fourth-order valence-electron chi connectivity index (χ4n) is 2.06. The van der Waals surface area contributed by atoms with Crippen LogP contribution in [-0.4, -0.2) is 30.9 Å². The summed E-state index contributed by atoms with van der Waals surface area (Å²) in [4.78, 5) is 23.3. The first-order valence-corrected chi connectivity index (χ1v) is 8.26. The van der Waals surface area contributed by atoms with Gasteiger partial charge in [0.15, 0.2) is 12.4 Å². The van der Waals surface area contributed by atoms with Crippen molar-refractivity contribution in [2.45, 2.75) is 25.2 Å². The minimum absolute atomic E-state index is 0.0271. The van der Waals surface area contributed by atoms with Crippen LogP contribution in [0.25, 0.3) is 10.8 Å². The molecule has 0 N–H and O–H groups in total. The van der Waals surface area contributed by atoms with Gasteiger partial charge in [0, 0.05) is 10.8 Å². The molecule has 146 valence electrons. The summed E-state index contributed by atoms with van der Waals surface area (Å²) in [5.74, 6) is -6.55. The molecule has 0 bridgehead atoms. The zero-order valence-corrected chi connectivity index (χ0v) is 15.0. The van der Waals surface area contributed by atoms with E-state index in [2.05, 4.69) is 4.74 Å². The van der Waals surface area contributed by atoms with Crippen LogP contribution >= 0.6 is 23.2 Å². The first-order chi connectivity index (χ1) is 12.6. The maximum Gasteiger partial charge on any atom is 0.340 e. The molecule has 10 heteroatoms. The molecule has 0 aromatic heterocycles. The highest BCUT2D eigenvalue weighted by atomic mass is 35.5. The summed E-state index contributed by atoms with van der Waals surface area (Å²) < 4.78 is 58.5. The van der Waals surface area contributed by atoms with Gasteiger partial charge in [-0.3, -0.25) is 9.59 Å². The molecule has 0 saturated carbocycles. The van der Waals surface area contributed by atoms with Crippen molar-refractivity contribution in [3.63, 3.8) is 0 Å². The van der Waals surface area contributed by atoms with E-state index in [0.29, 0.717) is 15.8 Å². The number of benzene rings is 2. The summed E-state index contributed by atoms with van der Waals surface area (Å²) in [5, 5.41) is 1.45. The normalized spacial score (nSPS) is 11.7. The maximum absolute atomic E-state index is 12.7. The second-order valence-electron chi connectivity index (χ2n) is 5.41. The van der Waals surface area contributed by atoms with Gasteiger partial charge in [0.05, 0.1) is 22.9 Å². The molecule has 0 unspecified atom stereocenters. The highest BCUT2D eigenvalue weighted by Gasteiger charge is 2.42. The molecule has 27 heavy (non-hydrogen) atoms. The molecule has 0 saturated heterocycles. The van der Waals surface area contributed by atoms with Crippen molar-refractivity contribution in [2.75, 3.05) is 6.61 Å². The van der Waals surface area contributed by atoms with E-state index >= 15 is 0 Å². The topological polar surface area (TPSA) is 52.6 Å². The van der Waals surface area contributed by atoms with Crippen LogP contribution in [-0.2, 0) is 14.3 Å². The smallest absolute Gasteiger partial charge is 0.340 e. The van der Waals surface area contributed by atoms with Crippen LogP contribution in [0.4, 0.5) is 17.6 Å². The summed E-state index contributed by atoms with van der Waals surface area (Å²) in [6.45, 7) is -1.77. The van der Waals surface area contributed by atoms with Gasteiger partial charge < -0.3 is 9.47 Å². The van der Waals surface area contributed by atoms with Crippen LogP contribution in [0.15, 0.2) is 30.3 Å². The minimum atomic E-state index is -4.45. The largest absolute Gasteiger partial charge is 0.459 e. The Labute approximate surface area is 160 Å². The molecule has 0 aliphatic rings. The Morgan fingerprint density at radius 1 is 1.00 bits per heavy atom. The van der Waals surface area contributed by atoms with Crippen molar-refractivity contribution in [2.24, 2.45) is 0 Å². The number of esters is 2. The molecule has 0 amide bonds. The molecule has 0 aliphatic carbocycles. The lowest BCUT2D eigenvalue weighted by molar-refractivity contribution is -0.180. The van der Waals surface area contributed by atoms with Crippen LogP contribution < -0.4 is 4.74 Å². The van der Waals surface area contributed by atoms with Crippen LogP contribution in [0.3, 0.4) is 0 Å². The zero-order chi connectivity index (χ0) is 20.2.